The Hall–Kier alpha value is -1.51. The van der Waals surface area contributed by atoms with Gasteiger partial charge in [0.15, 0.2) is 0 Å². The molecule has 0 saturated heterocycles. The number of benzene rings is 1. The van der Waals surface area contributed by atoms with Crippen molar-refractivity contribution in [3.63, 3.8) is 0 Å². The van der Waals surface area contributed by atoms with Crippen molar-refractivity contribution in [3.05, 3.63) is 28.8 Å². The van der Waals surface area contributed by atoms with Gasteiger partial charge in [-0.15, -0.1) is 0 Å². The van der Waals surface area contributed by atoms with Gasteiger partial charge in [-0.2, -0.15) is 0 Å². The van der Waals surface area contributed by atoms with E-state index in [-0.39, 0.29) is 11.9 Å². The Bertz CT molecular complexity index is 470. The maximum Gasteiger partial charge on any atom is 0.308 e. The zero-order valence-electron chi connectivity index (χ0n) is 12.9. The molecule has 3 nitrogen and oxygen atoms in total. The van der Waals surface area contributed by atoms with Crippen molar-refractivity contribution in [2.75, 3.05) is 13.7 Å². The number of rotatable bonds is 6. The average molecular weight is 276 g/mol. The van der Waals surface area contributed by atoms with Crippen LogP contribution in [0.3, 0.4) is 0 Å². The molecule has 0 heterocycles. The largest absolute Gasteiger partial charge is 0.494 e. The molecule has 1 aromatic rings. The predicted molar refractivity (Wildman–Crippen MR) is 79.0 cm³/mol. The Morgan fingerprint density at radius 3 is 2.50 bits per heavy atom. The number of esters is 1. The molecule has 1 saturated carbocycles. The first-order valence-electron chi connectivity index (χ1n) is 7.37. The van der Waals surface area contributed by atoms with Crippen LogP contribution < -0.4 is 4.74 Å². The molecule has 110 valence electrons. The van der Waals surface area contributed by atoms with E-state index in [1.165, 1.54) is 23.8 Å². The molecule has 2 atom stereocenters. The topological polar surface area (TPSA) is 35.5 Å². The van der Waals surface area contributed by atoms with Crippen LogP contribution in [0.5, 0.6) is 5.75 Å². The van der Waals surface area contributed by atoms with Crippen LogP contribution in [0.2, 0.25) is 0 Å². The molecule has 1 aliphatic carbocycles. The summed E-state index contributed by atoms with van der Waals surface area (Å²) in [6.45, 7) is 6.96. The normalized spacial score (nSPS) is 20.6. The minimum atomic E-state index is -0.0462. The lowest BCUT2D eigenvalue weighted by Crippen LogP contribution is -2.05. The number of hydrogen-bond acceptors (Lipinski definition) is 3. The van der Waals surface area contributed by atoms with E-state index in [1.807, 2.05) is 6.92 Å². The van der Waals surface area contributed by atoms with Gasteiger partial charge in [-0.3, -0.25) is 4.79 Å². The SMILES string of the molecule is CCOc1cc(C)c(CCC2CC2C(=O)OC)c(C)c1. The molecular weight excluding hydrogens is 252 g/mol. The van der Waals surface area contributed by atoms with Crippen LogP contribution >= 0.6 is 0 Å². The summed E-state index contributed by atoms with van der Waals surface area (Å²) in [5.41, 5.74) is 3.96. The molecule has 1 aromatic carbocycles. The molecule has 2 rings (SSSR count). The summed E-state index contributed by atoms with van der Waals surface area (Å²) >= 11 is 0. The van der Waals surface area contributed by atoms with E-state index in [1.54, 1.807) is 0 Å². The fourth-order valence-corrected chi connectivity index (χ4v) is 2.93. The number of carbonyl (C=O) groups is 1. The minimum absolute atomic E-state index is 0.0462. The van der Waals surface area contributed by atoms with E-state index in [9.17, 15) is 4.79 Å². The van der Waals surface area contributed by atoms with Crippen molar-refractivity contribution in [1.29, 1.82) is 0 Å². The van der Waals surface area contributed by atoms with Crippen LogP contribution in [0.25, 0.3) is 0 Å². The smallest absolute Gasteiger partial charge is 0.308 e. The summed E-state index contributed by atoms with van der Waals surface area (Å²) in [6.07, 6.45) is 3.08. The fraction of sp³-hybridized carbons (Fsp3) is 0.588. The first kappa shape index (κ1) is 14.9. The second-order valence-corrected chi connectivity index (χ2v) is 5.63. The fourth-order valence-electron chi connectivity index (χ4n) is 2.93. The van der Waals surface area contributed by atoms with Crippen LogP contribution in [0, 0.1) is 25.7 Å². The van der Waals surface area contributed by atoms with Crippen molar-refractivity contribution < 1.29 is 14.3 Å². The standard InChI is InChI=1S/C17H24O3/c1-5-20-14-8-11(2)15(12(3)9-14)7-6-13-10-16(13)17(18)19-4/h8-9,13,16H,5-7,10H2,1-4H3. The maximum atomic E-state index is 11.4. The third-order valence-electron chi connectivity index (χ3n) is 4.17. The summed E-state index contributed by atoms with van der Waals surface area (Å²) in [4.78, 5) is 11.4. The third kappa shape index (κ3) is 3.33. The Balaban J connectivity index is 1.95. The van der Waals surface area contributed by atoms with E-state index in [0.29, 0.717) is 12.5 Å². The Morgan fingerprint density at radius 2 is 1.95 bits per heavy atom. The molecule has 1 aliphatic rings. The summed E-state index contributed by atoms with van der Waals surface area (Å²) in [6, 6.07) is 4.22. The van der Waals surface area contributed by atoms with Crippen LogP contribution in [0.1, 0.15) is 36.5 Å². The molecule has 0 spiro atoms. The molecule has 0 amide bonds. The van der Waals surface area contributed by atoms with Gasteiger partial charge in [0.05, 0.1) is 19.6 Å². The Labute approximate surface area is 121 Å². The molecule has 3 heteroatoms. The third-order valence-corrected chi connectivity index (χ3v) is 4.17. The molecule has 0 aliphatic heterocycles. The van der Waals surface area contributed by atoms with Crippen molar-refractivity contribution in [2.45, 2.75) is 40.0 Å². The number of hydrogen-bond donors (Lipinski definition) is 0. The van der Waals surface area contributed by atoms with Gasteiger partial charge < -0.3 is 9.47 Å². The van der Waals surface area contributed by atoms with Gasteiger partial charge in [-0.05, 0) is 74.8 Å². The van der Waals surface area contributed by atoms with E-state index in [2.05, 4.69) is 26.0 Å². The van der Waals surface area contributed by atoms with Gasteiger partial charge in [0.1, 0.15) is 5.75 Å². The molecule has 0 aromatic heterocycles. The zero-order chi connectivity index (χ0) is 14.7. The molecule has 0 N–H and O–H groups in total. The Kier molecular flexibility index (Phi) is 4.69. The van der Waals surface area contributed by atoms with Crippen molar-refractivity contribution in [2.24, 2.45) is 11.8 Å². The van der Waals surface area contributed by atoms with Crippen LogP contribution in [0.15, 0.2) is 12.1 Å². The van der Waals surface area contributed by atoms with E-state index in [0.717, 1.165) is 25.0 Å². The molecule has 2 unspecified atom stereocenters. The number of carbonyl (C=O) groups excluding carboxylic acids is 1. The highest BCUT2D eigenvalue weighted by Crippen LogP contribution is 2.43. The Morgan fingerprint density at radius 1 is 1.30 bits per heavy atom. The van der Waals surface area contributed by atoms with Gasteiger partial charge >= 0.3 is 5.97 Å². The second-order valence-electron chi connectivity index (χ2n) is 5.63. The van der Waals surface area contributed by atoms with Crippen LogP contribution in [-0.2, 0) is 16.0 Å². The van der Waals surface area contributed by atoms with Crippen molar-refractivity contribution >= 4 is 5.97 Å². The molecule has 20 heavy (non-hydrogen) atoms. The van der Waals surface area contributed by atoms with Gasteiger partial charge in [0.2, 0.25) is 0 Å². The summed E-state index contributed by atoms with van der Waals surface area (Å²) in [7, 11) is 1.47. The van der Waals surface area contributed by atoms with Crippen LogP contribution in [-0.4, -0.2) is 19.7 Å². The van der Waals surface area contributed by atoms with Gasteiger partial charge in [-0.1, -0.05) is 0 Å². The maximum absolute atomic E-state index is 11.4. The molecule has 1 fully saturated rings. The second kappa shape index (κ2) is 6.29. The quantitative estimate of drug-likeness (QED) is 0.747. The minimum Gasteiger partial charge on any atom is -0.494 e. The van der Waals surface area contributed by atoms with Crippen LogP contribution in [0.4, 0.5) is 0 Å². The van der Waals surface area contributed by atoms with Gasteiger partial charge in [0, 0.05) is 0 Å². The van der Waals surface area contributed by atoms with Crippen molar-refractivity contribution in [1.82, 2.24) is 0 Å². The monoisotopic (exact) mass is 276 g/mol. The first-order chi connectivity index (χ1) is 9.56. The zero-order valence-corrected chi connectivity index (χ0v) is 12.9. The summed E-state index contributed by atoms with van der Waals surface area (Å²) in [5, 5.41) is 0. The van der Waals surface area contributed by atoms with Crippen molar-refractivity contribution in [3.8, 4) is 5.75 Å². The highest BCUT2D eigenvalue weighted by atomic mass is 16.5. The van der Waals surface area contributed by atoms with E-state index >= 15 is 0 Å². The number of aryl methyl sites for hydroxylation is 2. The lowest BCUT2D eigenvalue weighted by atomic mass is 9.96. The van der Waals surface area contributed by atoms with E-state index in [4.69, 9.17) is 9.47 Å². The van der Waals surface area contributed by atoms with E-state index < -0.39 is 0 Å². The molecular formula is C17H24O3. The lowest BCUT2D eigenvalue weighted by Gasteiger charge is -2.13. The van der Waals surface area contributed by atoms with Gasteiger partial charge in [0.25, 0.3) is 0 Å². The number of ether oxygens (including phenoxy) is 2. The highest BCUT2D eigenvalue weighted by Gasteiger charge is 2.43. The molecule has 0 bridgehead atoms. The summed E-state index contributed by atoms with van der Waals surface area (Å²) < 4.78 is 10.4. The highest BCUT2D eigenvalue weighted by molar-refractivity contribution is 5.75. The lowest BCUT2D eigenvalue weighted by molar-refractivity contribution is -0.142. The first-order valence-corrected chi connectivity index (χ1v) is 7.37. The molecule has 0 radical (unpaired) electrons. The predicted octanol–water partition coefficient (Wildman–Crippen LogP) is 3.44. The van der Waals surface area contributed by atoms with Gasteiger partial charge in [-0.25, -0.2) is 0 Å². The average Bonchev–Trinajstić information content (AvgIpc) is 3.17. The number of methoxy groups -OCH3 is 1. The summed E-state index contributed by atoms with van der Waals surface area (Å²) in [5.74, 6) is 1.55.